The first-order valence-corrected chi connectivity index (χ1v) is 10.9. The lowest BCUT2D eigenvalue weighted by molar-refractivity contribution is -0.353. The smallest absolute Gasteiger partial charge is 0.244 e. The van der Waals surface area contributed by atoms with Gasteiger partial charge in [0, 0.05) is 32.2 Å². The third-order valence-corrected chi connectivity index (χ3v) is 6.79. The molecule has 1 heterocycles. The summed E-state index contributed by atoms with van der Waals surface area (Å²) in [5.41, 5.74) is 6.27. The Morgan fingerprint density at radius 1 is 1.45 bits per heavy atom. The van der Waals surface area contributed by atoms with Crippen LogP contribution in [0, 0.1) is 6.92 Å². The Bertz CT molecular complexity index is 1020. The Kier molecular flexibility index (Phi) is 7.58. The van der Waals surface area contributed by atoms with E-state index in [-0.39, 0.29) is 22.3 Å². The van der Waals surface area contributed by atoms with E-state index in [0.717, 1.165) is 15.4 Å². The normalized spacial score (nSPS) is 13.9. The van der Waals surface area contributed by atoms with Gasteiger partial charge in [-0.15, -0.1) is 0 Å². The fourth-order valence-corrected chi connectivity index (χ4v) is 4.51. The van der Waals surface area contributed by atoms with Crippen LogP contribution < -0.4 is 5.73 Å². The van der Waals surface area contributed by atoms with Gasteiger partial charge in [-0.25, -0.2) is 17.1 Å². The first-order valence-electron chi connectivity index (χ1n) is 9.08. The standard InChI is InChI=1S/C19H26ClFN4O3S/c1-12-16(19(13(2)26)25(23-12)11-15(21)7-8-22)9-14-5-6-18(17(20)10-14)29(27,28)24(3)4/h5-7,10,13,26H,8-9,11,22H2,1-4H3/p+1/b15-7-. The summed E-state index contributed by atoms with van der Waals surface area (Å²) in [5, 5.41) is 14.7. The van der Waals surface area contributed by atoms with Crippen LogP contribution in [-0.2, 0) is 23.0 Å². The second-order valence-corrected chi connectivity index (χ2v) is 9.48. The predicted molar refractivity (Wildman–Crippen MR) is 110 cm³/mol. The lowest BCUT2D eigenvalue weighted by Crippen LogP contribution is -2.49. The highest BCUT2D eigenvalue weighted by atomic mass is 35.5. The highest BCUT2D eigenvalue weighted by Crippen LogP contribution is 2.29. The summed E-state index contributed by atoms with van der Waals surface area (Å²) in [4.78, 5) is 0.0245. The summed E-state index contributed by atoms with van der Waals surface area (Å²) in [6.45, 7) is 3.62. The number of aromatic nitrogens is 2. The number of halogens is 2. The van der Waals surface area contributed by atoms with Crippen molar-refractivity contribution in [3.63, 3.8) is 0 Å². The molecule has 0 saturated carbocycles. The minimum absolute atomic E-state index is 0.0245. The average molecular weight is 446 g/mol. The molecule has 7 nitrogen and oxygen atoms in total. The number of quaternary nitrogens is 1. The summed E-state index contributed by atoms with van der Waals surface area (Å²) in [6, 6.07) is 4.73. The van der Waals surface area contributed by atoms with Crippen molar-refractivity contribution in [2.45, 2.75) is 37.8 Å². The molecule has 10 heteroatoms. The lowest BCUT2D eigenvalue weighted by Gasteiger charge is -2.14. The van der Waals surface area contributed by atoms with Crippen molar-refractivity contribution in [2.75, 3.05) is 20.6 Å². The molecule has 1 aromatic heterocycles. The van der Waals surface area contributed by atoms with E-state index in [1.54, 1.807) is 26.0 Å². The van der Waals surface area contributed by atoms with E-state index in [4.69, 9.17) is 11.6 Å². The van der Waals surface area contributed by atoms with Crippen LogP contribution in [0.1, 0.15) is 35.5 Å². The number of rotatable bonds is 8. The monoisotopic (exact) mass is 445 g/mol. The van der Waals surface area contributed by atoms with E-state index in [9.17, 15) is 17.9 Å². The molecular formula is C19H27ClFN4O3S+. The fourth-order valence-electron chi connectivity index (χ4n) is 3.07. The van der Waals surface area contributed by atoms with Crippen LogP contribution in [0.3, 0.4) is 0 Å². The Labute approximate surface area is 175 Å². The van der Waals surface area contributed by atoms with Crippen LogP contribution in [0.15, 0.2) is 35.0 Å². The number of hydrogen-bond acceptors (Lipinski definition) is 4. The molecule has 0 spiro atoms. The number of allylic oxidation sites excluding steroid dienone is 1. The molecule has 0 aliphatic heterocycles. The van der Waals surface area contributed by atoms with Gasteiger partial charge in [0.25, 0.3) is 0 Å². The number of nitrogens with zero attached hydrogens (tertiary/aromatic N) is 3. The molecule has 2 rings (SSSR count). The average Bonchev–Trinajstić information content (AvgIpc) is 2.89. The van der Waals surface area contributed by atoms with Crippen LogP contribution in [0.2, 0.25) is 5.02 Å². The van der Waals surface area contributed by atoms with Gasteiger partial charge in [-0.3, -0.25) is 4.68 Å². The Balaban J connectivity index is 2.43. The molecular weight excluding hydrogens is 419 g/mol. The highest BCUT2D eigenvalue weighted by molar-refractivity contribution is 7.89. The molecule has 0 aliphatic carbocycles. The van der Waals surface area contributed by atoms with Crippen molar-refractivity contribution in [2.24, 2.45) is 0 Å². The van der Waals surface area contributed by atoms with E-state index in [0.29, 0.717) is 24.4 Å². The van der Waals surface area contributed by atoms with Crippen molar-refractivity contribution >= 4 is 21.6 Å². The van der Waals surface area contributed by atoms with Gasteiger partial charge >= 0.3 is 0 Å². The predicted octanol–water partition coefficient (Wildman–Crippen LogP) is 1.83. The molecule has 0 saturated heterocycles. The molecule has 29 heavy (non-hydrogen) atoms. The highest BCUT2D eigenvalue weighted by Gasteiger charge is 2.23. The number of sulfonamides is 1. The third-order valence-electron chi connectivity index (χ3n) is 4.49. The Morgan fingerprint density at radius 3 is 2.62 bits per heavy atom. The summed E-state index contributed by atoms with van der Waals surface area (Å²) >= 11 is 6.24. The molecule has 4 N–H and O–H groups in total. The summed E-state index contributed by atoms with van der Waals surface area (Å²) < 4.78 is 41.2. The SMILES string of the molecule is Cc1nn(C/C(F)=C/C[NH3+])c(C(C)O)c1Cc1ccc(S(=O)(=O)N(C)C)c(Cl)c1. The molecule has 0 bridgehead atoms. The number of hydrogen-bond donors (Lipinski definition) is 2. The number of aliphatic hydroxyl groups excluding tert-OH is 1. The Morgan fingerprint density at radius 2 is 2.10 bits per heavy atom. The third kappa shape index (κ3) is 5.23. The van der Waals surface area contributed by atoms with Crippen LogP contribution in [-0.4, -0.2) is 48.3 Å². The maximum Gasteiger partial charge on any atom is 0.244 e. The van der Waals surface area contributed by atoms with Gasteiger partial charge in [0.15, 0.2) is 0 Å². The molecule has 0 radical (unpaired) electrons. The molecule has 0 amide bonds. The maximum absolute atomic E-state index is 14.0. The quantitative estimate of drug-likeness (QED) is 0.647. The van der Waals surface area contributed by atoms with E-state index in [2.05, 4.69) is 10.8 Å². The molecule has 2 aromatic rings. The molecule has 160 valence electrons. The summed E-state index contributed by atoms with van der Waals surface area (Å²) in [5.74, 6) is -0.378. The number of benzene rings is 1. The number of aryl methyl sites for hydroxylation is 1. The van der Waals surface area contributed by atoms with Gasteiger partial charge in [-0.1, -0.05) is 17.7 Å². The van der Waals surface area contributed by atoms with Crippen molar-refractivity contribution in [3.05, 3.63) is 57.6 Å². The molecule has 1 unspecified atom stereocenters. The summed E-state index contributed by atoms with van der Waals surface area (Å²) in [7, 11) is -0.772. The zero-order valence-corrected chi connectivity index (χ0v) is 18.6. The zero-order valence-electron chi connectivity index (χ0n) is 17.0. The number of aliphatic hydroxyl groups is 1. The summed E-state index contributed by atoms with van der Waals surface area (Å²) in [6.07, 6.45) is 0.878. The zero-order chi connectivity index (χ0) is 21.9. The van der Waals surface area contributed by atoms with Crippen LogP contribution in [0.4, 0.5) is 4.39 Å². The van der Waals surface area contributed by atoms with Gasteiger partial charge in [0.1, 0.15) is 10.7 Å². The minimum atomic E-state index is -3.65. The van der Waals surface area contributed by atoms with E-state index < -0.39 is 16.1 Å². The molecule has 0 fully saturated rings. The van der Waals surface area contributed by atoms with Crippen molar-refractivity contribution in [1.29, 1.82) is 0 Å². The van der Waals surface area contributed by atoms with Crippen LogP contribution >= 0.6 is 11.6 Å². The first-order chi connectivity index (χ1) is 13.5. The van der Waals surface area contributed by atoms with Crippen LogP contribution in [0.5, 0.6) is 0 Å². The van der Waals surface area contributed by atoms with Gasteiger partial charge in [-0.05, 0) is 31.5 Å². The van der Waals surface area contributed by atoms with Gasteiger partial charge in [0.05, 0.1) is 35.6 Å². The van der Waals surface area contributed by atoms with E-state index in [1.165, 1.54) is 30.9 Å². The fraction of sp³-hybridized carbons (Fsp3) is 0.421. The topological polar surface area (TPSA) is 103 Å². The Hall–Kier alpha value is -1.78. The van der Waals surface area contributed by atoms with Gasteiger partial charge < -0.3 is 10.8 Å². The second kappa shape index (κ2) is 9.36. The molecule has 0 aliphatic rings. The van der Waals surface area contributed by atoms with Gasteiger partial charge in [-0.2, -0.15) is 5.10 Å². The molecule has 1 atom stereocenters. The largest absolute Gasteiger partial charge is 0.387 e. The minimum Gasteiger partial charge on any atom is -0.387 e. The van der Waals surface area contributed by atoms with Crippen molar-refractivity contribution in [1.82, 2.24) is 14.1 Å². The van der Waals surface area contributed by atoms with E-state index >= 15 is 0 Å². The van der Waals surface area contributed by atoms with Crippen molar-refractivity contribution in [3.8, 4) is 0 Å². The maximum atomic E-state index is 14.0. The van der Waals surface area contributed by atoms with Gasteiger partial charge in [0.2, 0.25) is 10.0 Å². The van der Waals surface area contributed by atoms with E-state index in [1.807, 2.05) is 0 Å². The lowest BCUT2D eigenvalue weighted by atomic mass is 10.0. The second-order valence-electron chi connectivity index (χ2n) is 6.95. The first kappa shape index (κ1) is 23.5. The van der Waals surface area contributed by atoms with Crippen molar-refractivity contribution < 1.29 is 23.6 Å². The molecule has 1 aromatic carbocycles. The van der Waals surface area contributed by atoms with Crippen LogP contribution in [0.25, 0.3) is 0 Å².